The summed E-state index contributed by atoms with van der Waals surface area (Å²) in [4.78, 5) is 14.9. The SMILES string of the molecule is CCNC(=O)[C@@H]1C[C@H](NCc2ccc3ccccc3c2)CN1Cc1ccccc1Cl. The summed E-state index contributed by atoms with van der Waals surface area (Å²) < 4.78 is 0. The molecule has 1 aliphatic heterocycles. The third-order valence-corrected chi connectivity index (χ3v) is 6.17. The summed E-state index contributed by atoms with van der Waals surface area (Å²) in [6.45, 7) is 4.89. The van der Waals surface area contributed by atoms with Crippen molar-refractivity contribution in [2.45, 2.75) is 38.5 Å². The number of fused-ring (bicyclic) bond motifs is 1. The molecule has 0 spiro atoms. The molecular weight excluding hydrogens is 394 g/mol. The quantitative estimate of drug-likeness (QED) is 0.595. The highest BCUT2D eigenvalue weighted by Crippen LogP contribution is 2.25. The van der Waals surface area contributed by atoms with Gasteiger partial charge in [0.05, 0.1) is 6.04 Å². The molecule has 2 atom stereocenters. The molecule has 2 N–H and O–H groups in total. The minimum atomic E-state index is -0.143. The Labute approximate surface area is 183 Å². The lowest BCUT2D eigenvalue weighted by molar-refractivity contribution is -0.125. The first kappa shape index (κ1) is 20.9. The van der Waals surface area contributed by atoms with E-state index >= 15 is 0 Å². The highest BCUT2D eigenvalue weighted by atomic mass is 35.5. The molecule has 0 radical (unpaired) electrons. The summed E-state index contributed by atoms with van der Waals surface area (Å²) >= 11 is 6.37. The number of hydrogen-bond donors (Lipinski definition) is 2. The first-order valence-corrected chi connectivity index (χ1v) is 11.0. The van der Waals surface area contributed by atoms with E-state index in [2.05, 4.69) is 58.0 Å². The lowest BCUT2D eigenvalue weighted by Crippen LogP contribution is -2.42. The maximum atomic E-state index is 12.7. The normalized spacial score (nSPS) is 19.3. The van der Waals surface area contributed by atoms with Gasteiger partial charge in [-0.2, -0.15) is 0 Å². The van der Waals surface area contributed by atoms with Crippen LogP contribution in [0.2, 0.25) is 5.02 Å². The Kier molecular flexibility index (Phi) is 6.68. The standard InChI is InChI=1S/C25H28ClN3O/c1-2-27-25(30)24-14-22(17-29(24)16-21-9-5-6-10-23(21)26)28-15-18-11-12-19-7-3-4-8-20(19)13-18/h3-13,22,24,28H,2,14-17H2,1H3,(H,27,30)/t22-,24-/m0/s1. The summed E-state index contributed by atoms with van der Waals surface area (Å²) in [7, 11) is 0. The maximum Gasteiger partial charge on any atom is 0.237 e. The van der Waals surface area contributed by atoms with Crippen LogP contribution in [0.3, 0.4) is 0 Å². The van der Waals surface area contributed by atoms with Crippen LogP contribution in [0.15, 0.2) is 66.7 Å². The Morgan fingerprint density at radius 1 is 1.07 bits per heavy atom. The number of benzene rings is 3. The van der Waals surface area contributed by atoms with E-state index in [9.17, 15) is 4.79 Å². The number of rotatable bonds is 7. The summed E-state index contributed by atoms with van der Waals surface area (Å²) in [5, 5.41) is 9.91. The maximum absolute atomic E-state index is 12.7. The number of nitrogens with zero attached hydrogens (tertiary/aromatic N) is 1. The molecule has 4 nitrogen and oxygen atoms in total. The van der Waals surface area contributed by atoms with Crippen LogP contribution < -0.4 is 10.6 Å². The monoisotopic (exact) mass is 421 g/mol. The third-order valence-electron chi connectivity index (χ3n) is 5.80. The Balaban J connectivity index is 1.44. The second kappa shape index (κ2) is 9.61. The van der Waals surface area contributed by atoms with Gasteiger partial charge in [0.15, 0.2) is 0 Å². The molecule has 0 unspecified atom stereocenters. The molecule has 1 aliphatic rings. The molecule has 0 aromatic heterocycles. The number of carbonyl (C=O) groups is 1. The van der Waals surface area contributed by atoms with E-state index in [1.807, 2.05) is 31.2 Å². The fourth-order valence-corrected chi connectivity index (χ4v) is 4.44. The molecule has 0 bridgehead atoms. The number of likely N-dealkylation sites (N-methyl/N-ethyl adjacent to an activating group) is 1. The van der Waals surface area contributed by atoms with Crippen molar-refractivity contribution in [1.82, 2.24) is 15.5 Å². The van der Waals surface area contributed by atoms with Crippen LogP contribution in [0.25, 0.3) is 10.8 Å². The van der Waals surface area contributed by atoms with Gasteiger partial charge in [0.2, 0.25) is 5.91 Å². The van der Waals surface area contributed by atoms with Crippen molar-refractivity contribution in [3.05, 3.63) is 82.9 Å². The zero-order chi connectivity index (χ0) is 20.9. The van der Waals surface area contributed by atoms with Crippen LogP contribution in [-0.2, 0) is 17.9 Å². The smallest absolute Gasteiger partial charge is 0.237 e. The molecule has 156 valence electrons. The lowest BCUT2D eigenvalue weighted by atomic mass is 10.1. The van der Waals surface area contributed by atoms with Gasteiger partial charge >= 0.3 is 0 Å². The summed E-state index contributed by atoms with van der Waals surface area (Å²) in [5.41, 5.74) is 2.32. The van der Waals surface area contributed by atoms with E-state index in [0.29, 0.717) is 13.1 Å². The Bertz CT molecular complexity index is 1020. The number of hydrogen-bond acceptors (Lipinski definition) is 3. The van der Waals surface area contributed by atoms with Gasteiger partial charge in [-0.3, -0.25) is 9.69 Å². The summed E-state index contributed by atoms with van der Waals surface area (Å²) in [6, 6.07) is 23.0. The fraction of sp³-hybridized carbons (Fsp3) is 0.320. The molecule has 30 heavy (non-hydrogen) atoms. The average molecular weight is 422 g/mol. The fourth-order valence-electron chi connectivity index (χ4n) is 4.25. The van der Waals surface area contributed by atoms with Crippen molar-refractivity contribution in [2.75, 3.05) is 13.1 Å². The van der Waals surface area contributed by atoms with Gasteiger partial charge in [0.25, 0.3) is 0 Å². The van der Waals surface area contributed by atoms with Gasteiger partial charge in [0.1, 0.15) is 0 Å². The van der Waals surface area contributed by atoms with Gasteiger partial charge in [0, 0.05) is 37.2 Å². The second-order valence-corrected chi connectivity index (χ2v) is 8.33. The van der Waals surface area contributed by atoms with Crippen LogP contribution in [0.4, 0.5) is 0 Å². The summed E-state index contributed by atoms with van der Waals surface area (Å²) in [5.74, 6) is 0.0968. The topological polar surface area (TPSA) is 44.4 Å². The van der Waals surface area contributed by atoms with E-state index in [-0.39, 0.29) is 18.0 Å². The third kappa shape index (κ3) is 4.84. The molecule has 4 rings (SSSR count). The number of likely N-dealkylation sites (tertiary alicyclic amines) is 1. The van der Waals surface area contributed by atoms with Gasteiger partial charge in [-0.25, -0.2) is 0 Å². The Morgan fingerprint density at radius 2 is 1.83 bits per heavy atom. The zero-order valence-electron chi connectivity index (χ0n) is 17.3. The van der Waals surface area contributed by atoms with Crippen LogP contribution >= 0.6 is 11.6 Å². The lowest BCUT2D eigenvalue weighted by Gasteiger charge is -2.23. The number of nitrogens with one attached hydrogen (secondary N) is 2. The minimum absolute atomic E-state index is 0.0968. The molecule has 0 saturated carbocycles. The minimum Gasteiger partial charge on any atom is -0.355 e. The Hall–Kier alpha value is -2.40. The molecule has 0 aliphatic carbocycles. The van der Waals surface area contributed by atoms with Crippen molar-refractivity contribution < 1.29 is 4.79 Å². The van der Waals surface area contributed by atoms with Gasteiger partial charge < -0.3 is 10.6 Å². The predicted molar refractivity (Wildman–Crippen MR) is 124 cm³/mol. The van der Waals surface area contributed by atoms with Gasteiger partial charge in [-0.15, -0.1) is 0 Å². The van der Waals surface area contributed by atoms with Crippen molar-refractivity contribution in [2.24, 2.45) is 0 Å². The highest BCUT2D eigenvalue weighted by Gasteiger charge is 2.36. The molecule has 1 heterocycles. The molecule has 3 aromatic carbocycles. The number of amides is 1. The molecule has 1 saturated heterocycles. The molecule has 1 fully saturated rings. The molecular formula is C25H28ClN3O. The van der Waals surface area contributed by atoms with Crippen LogP contribution in [-0.4, -0.2) is 36.0 Å². The van der Waals surface area contributed by atoms with Gasteiger partial charge in [-0.05, 0) is 47.4 Å². The van der Waals surface area contributed by atoms with Crippen molar-refractivity contribution in [1.29, 1.82) is 0 Å². The van der Waals surface area contributed by atoms with Crippen LogP contribution in [0, 0.1) is 0 Å². The van der Waals surface area contributed by atoms with E-state index in [0.717, 1.165) is 30.1 Å². The number of carbonyl (C=O) groups excluding carboxylic acids is 1. The predicted octanol–water partition coefficient (Wildman–Crippen LogP) is 4.36. The zero-order valence-corrected chi connectivity index (χ0v) is 18.0. The van der Waals surface area contributed by atoms with Crippen molar-refractivity contribution >= 4 is 28.3 Å². The second-order valence-electron chi connectivity index (χ2n) is 7.93. The van der Waals surface area contributed by atoms with Crippen LogP contribution in [0.5, 0.6) is 0 Å². The van der Waals surface area contributed by atoms with E-state index in [1.54, 1.807) is 0 Å². The molecule has 1 amide bonds. The van der Waals surface area contributed by atoms with E-state index in [4.69, 9.17) is 11.6 Å². The highest BCUT2D eigenvalue weighted by molar-refractivity contribution is 6.31. The first-order chi connectivity index (χ1) is 14.6. The average Bonchev–Trinajstić information content (AvgIpc) is 3.17. The first-order valence-electron chi connectivity index (χ1n) is 10.6. The Morgan fingerprint density at radius 3 is 2.63 bits per heavy atom. The van der Waals surface area contributed by atoms with Gasteiger partial charge in [-0.1, -0.05) is 66.2 Å². The molecule has 5 heteroatoms. The van der Waals surface area contributed by atoms with E-state index < -0.39 is 0 Å². The summed E-state index contributed by atoms with van der Waals surface area (Å²) in [6.07, 6.45) is 0.796. The number of halogens is 1. The largest absolute Gasteiger partial charge is 0.355 e. The van der Waals surface area contributed by atoms with Crippen LogP contribution in [0.1, 0.15) is 24.5 Å². The van der Waals surface area contributed by atoms with Crippen molar-refractivity contribution in [3.8, 4) is 0 Å². The van der Waals surface area contributed by atoms with E-state index in [1.165, 1.54) is 16.3 Å². The van der Waals surface area contributed by atoms with Crippen molar-refractivity contribution in [3.63, 3.8) is 0 Å². The molecule has 3 aromatic rings.